The average Bonchev–Trinajstić information content (AvgIpc) is 2.89. The molecule has 20 heavy (non-hydrogen) atoms. The molecule has 1 aliphatic rings. The molecule has 0 spiro atoms. The van der Waals surface area contributed by atoms with Gasteiger partial charge in [-0.3, -0.25) is 4.79 Å². The molecule has 1 heterocycles. The van der Waals surface area contributed by atoms with Crippen molar-refractivity contribution >= 4 is 22.5 Å². The molecule has 0 saturated heterocycles. The van der Waals surface area contributed by atoms with Crippen molar-refractivity contribution in [3.05, 3.63) is 30.0 Å². The van der Waals surface area contributed by atoms with Crippen LogP contribution in [0.25, 0.3) is 10.9 Å². The molecule has 1 fully saturated rings. The number of rotatable bonds is 3. The highest BCUT2D eigenvalue weighted by Crippen LogP contribution is 2.24. The molecule has 1 saturated carbocycles. The molecule has 1 aliphatic carbocycles. The summed E-state index contributed by atoms with van der Waals surface area (Å²) in [4.78, 5) is 15.4. The van der Waals surface area contributed by atoms with Crippen molar-refractivity contribution in [2.75, 3.05) is 12.3 Å². The number of benzene rings is 1. The molecule has 0 radical (unpaired) electrons. The largest absolute Gasteiger partial charge is 0.399 e. The molecule has 1 amide bonds. The zero-order valence-corrected chi connectivity index (χ0v) is 11.6. The summed E-state index contributed by atoms with van der Waals surface area (Å²) in [6.07, 6.45) is 8.18. The van der Waals surface area contributed by atoms with E-state index in [1.165, 1.54) is 32.1 Å². The fraction of sp³-hybridized carbons (Fsp3) is 0.438. The van der Waals surface area contributed by atoms with Gasteiger partial charge in [-0.1, -0.05) is 19.3 Å². The number of amides is 1. The van der Waals surface area contributed by atoms with Crippen molar-refractivity contribution in [3.8, 4) is 0 Å². The molecule has 106 valence electrons. The van der Waals surface area contributed by atoms with E-state index in [-0.39, 0.29) is 5.91 Å². The van der Waals surface area contributed by atoms with E-state index in [4.69, 9.17) is 5.73 Å². The molecule has 4 heteroatoms. The van der Waals surface area contributed by atoms with Gasteiger partial charge in [-0.25, -0.2) is 0 Å². The standard InChI is InChI=1S/C16H21N3O/c17-12-6-7-13-14(10-18-15(13)8-12)16(20)19-9-11-4-2-1-3-5-11/h6-8,10-11,18H,1-5,9,17H2,(H,19,20). The lowest BCUT2D eigenvalue weighted by molar-refractivity contribution is 0.0945. The van der Waals surface area contributed by atoms with Gasteiger partial charge in [-0.2, -0.15) is 0 Å². The van der Waals surface area contributed by atoms with Crippen LogP contribution in [-0.4, -0.2) is 17.4 Å². The fourth-order valence-electron chi connectivity index (χ4n) is 3.06. The number of H-pyrrole nitrogens is 1. The van der Waals surface area contributed by atoms with Crippen molar-refractivity contribution in [2.45, 2.75) is 32.1 Å². The second-order valence-corrected chi connectivity index (χ2v) is 5.72. The van der Waals surface area contributed by atoms with Gasteiger partial charge >= 0.3 is 0 Å². The Labute approximate surface area is 118 Å². The number of anilines is 1. The van der Waals surface area contributed by atoms with E-state index in [0.717, 1.165) is 17.4 Å². The number of hydrogen-bond acceptors (Lipinski definition) is 2. The Kier molecular flexibility index (Phi) is 3.63. The Balaban J connectivity index is 1.69. The number of carbonyl (C=O) groups is 1. The van der Waals surface area contributed by atoms with Gasteiger partial charge in [0.15, 0.2) is 0 Å². The van der Waals surface area contributed by atoms with Gasteiger partial charge < -0.3 is 16.0 Å². The molecule has 0 bridgehead atoms. The van der Waals surface area contributed by atoms with E-state index < -0.39 is 0 Å². The molecule has 0 aliphatic heterocycles. The number of aromatic amines is 1. The summed E-state index contributed by atoms with van der Waals surface area (Å²) in [6.45, 7) is 0.792. The summed E-state index contributed by atoms with van der Waals surface area (Å²) < 4.78 is 0. The summed E-state index contributed by atoms with van der Waals surface area (Å²) in [6, 6.07) is 5.58. The minimum atomic E-state index is 0.00611. The predicted octanol–water partition coefficient (Wildman–Crippen LogP) is 3.06. The first-order chi connectivity index (χ1) is 9.74. The van der Waals surface area contributed by atoms with Crippen LogP contribution in [0.2, 0.25) is 0 Å². The van der Waals surface area contributed by atoms with Crippen LogP contribution in [0.4, 0.5) is 5.69 Å². The first-order valence-corrected chi connectivity index (χ1v) is 7.39. The van der Waals surface area contributed by atoms with Crippen molar-refractivity contribution < 1.29 is 4.79 Å². The van der Waals surface area contributed by atoms with Crippen molar-refractivity contribution in [1.29, 1.82) is 0 Å². The molecule has 1 aromatic heterocycles. The van der Waals surface area contributed by atoms with E-state index in [9.17, 15) is 4.79 Å². The van der Waals surface area contributed by atoms with Crippen molar-refractivity contribution in [1.82, 2.24) is 10.3 Å². The highest BCUT2D eigenvalue weighted by atomic mass is 16.1. The average molecular weight is 271 g/mol. The minimum Gasteiger partial charge on any atom is -0.399 e. The van der Waals surface area contributed by atoms with E-state index in [0.29, 0.717) is 17.2 Å². The minimum absolute atomic E-state index is 0.00611. The molecule has 1 aromatic carbocycles. The third-order valence-electron chi connectivity index (χ3n) is 4.23. The lowest BCUT2D eigenvalue weighted by Gasteiger charge is -2.21. The lowest BCUT2D eigenvalue weighted by atomic mass is 9.89. The number of nitrogens with two attached hydrogens (primary N) is 1. The molecule has 4 N–H and O–H groups in total. The molecule has 2 aromatic rings. The summed E-state index contributed by atoms with van der Waals surface area (Å²) in [5.74, 6) is 0.653. The number of fused-ring (bicyclic) bond motifs is 1. The first kappa shape index (κ1) is 13.0. The molecule has 3 rings (SSSR count). The van der Waals surface area contributed by atoms with E-state index in [2.05, 4.69) is 10.3 Å². The summed E-state index contributed by atoms with van der Waals surface area (Å²) in [5.41, 5.74) is 8.06. The number of aromatic nitrogens is 1. The van der Waals surface area contributed by atoms with Crippen LogP contribution in [0.15, 0.2) is 24.4 Å². The highest BCUT2D eigenvalue weighted by molar-refractivity contribution is 6.07. The Morgan fingerprint density at radius 2 is 2.10 bits per heavy atom. The topological polar surface area (TPSA) is 70.9 Å². The van der Waals surface area contributed by atoms with E-state index in [1.54, 1.807) is 6.20 Å². The maximum Gasteiger partial charge on any atom is 0.253 e. The SMILES string of the molecule is Nc1ccc2c(C(=O)NCC3CCCCC3)c[nH]c2c1. The van der Waals surface area contributed by atoms with Crippen molar-refractivity contribution in [3.63, 3.8) is 0 Å². The van der Waals surface area contributed by atoms with Crippen LogP contribution in [0.1, 0.15) is 42.5 Å². The molecule has 4 nitrogen and oxygen atoms in total. The maximum absolute atomic E-state index is 12.3. The smallest absolute Gasteiger partial charge is 0.253 e. The number of hydrogen-bond donors (Lipinski definition) is 3. The van der Waals surface area contributed by atoms with Gasteiger partial charge in [0.2, 0.25) is 0 Å². The van der Waals surface area contributed by atoms with Crippen LogP contribution < -0.4 is 11.1 Å². The van der Waals surface area contributed by atoms with Gasteiger partial charge in [-0.05, 0) is 37.0 Å². The Bertz CT molecular complexity index is 611. The molecule has 0 atom stereocenters. The summed E-state index contributed by atoms with van der Waals surface area (Å²) >= 11 is 0. The number of nitrogens with one attached hydrogen (secondary N) is 2. The molecular formula is C16H21N3O. The monoisotopic (exact) mass is 271 g/mol. The van der Waals surface area contributed by atoms with Crippen LogP contribution >= 0.6 is 0 Å². The van der Waals surface area contributed by atoms with Crippen molar-refractivity contribution in [2.24, 2.45) is 5.92 Å². The van der Waals surface area contributed by atoms with Gasteiger partial charge in [0.1, 0.15) is 0 Å². The predicted molar refractivity (Wildman–Crippen MR) is 81.6 cm³/mol. The van der Waals surface area contributed by atoms with Gasteiger partial charge in [0, 0.05) is 29.3 Å². The Hall–Kier alpha value is -1.97. The highest BCUT2D eigenvalue weighted by Gasteiger charge is 2.16. The maximum atomic E-state index is 12.3. The van der Waals surface area contributed by atoms with Crippen LogP contribution in [0, 0.1) is 5.92 Å². The van der Waals surface area contributed by atoms with Crippen LogP contribution in [-0.2, 0) is 0 Å². The molecule has 0 unspecified atom stereocenters. The van der Waals surface area contributed by atoms with Crippen LogP contribution in [0.5, 0.6) is 0 Å². The van der Waals surface area contributed by atoms with Gasteiger partial charge in [0.05, 0.1) is 5.56 Å². The zero-order valence-electron chi connectivity index (χ0n) is 11.6. The molecular weight excluding hydrogens is 250 g/mol. The quantitative estimate of drug-likeness (QED) is 0.751. The summed E-state index contributed by atoms with van der Waals surface area (Å²) in [5, 5.41) is 4.00. The van der Waals surface area contributed by atoms with Gasteiger partial charge in [-0.15, -0.1) is 0 Å². The second kappa shape index (κ2) is 5.57. The fourth-order valence-corrected chi connectivity index (χ4v) is 3.06. The number of carbonyl (C=O) groups excluding carboxylic acids is 1. The Morgan fingerprint density at radius 3 is 2.90 bits per heavy atom. The Morgan fingerprint density at radius 1 is 1.30 bits per heavy atom. The van der Waals surface area contributed by atoms with Crippen LogP contribution in [0.3, 0.4) is 0 Å². The third-order valence-corrected chi connectivity index (χ3v) is 4.23. The normalized spacial score (nSPS) is 16.4. The van der Waals surface area contributed by atoms with E-state index in [1.807, 2.05) is 18.2 Å². The zero-order chi connectivity index (χ0) is 13.9. The summed E-state index contributed by atoms with van der Waals surface area (Å²) in [7, 11) is 0. The first-order valence-electron chi connectivity index (χ1n) is 7.39. The van der Waals surface area contributed by atoms with Gasteiger partial charge in [0.25, 0.3) is 5.91 Å². The van der Waals surface area contributed by atoms with E-state index >= 15 is 0 Å². The lowest BCUT2D eigenvalue weighted by Crippen LogP contribution is -2.30. The third kappa shape index (κ3) is 2.64. The number of nitrogen functional groups attached to an aromatic ring is 1. The second-order valence-electron chi connectivity index (χ2n) is 5.72.